The van der Waals surface area contributed by atoms with Crippen LogP contribution in [0.4, 0.5) is 0 Å². The maximum Gasteiger partial charge on any atom is 0.323 e. The van der Waals surface area contributed by atoms with Crippen molar-refractivity contribution in [3.63, 3.8) is 0 Å². The third-order valence-electron chi connectivity index (χ3n) is 2.42. The fourth-order valence-electron chi connectivity index (χ4n) is 1.82. The van der Waals surface area contributed by atoms with Gasteiger partial charge in [0.1, 0.15) is 6.10 Å². The predicted molar refractivity (Wildman–Crippen MR) is 45.1 cm³/mol. The third kappa shape index (κ3) is 1.53. The molecule has 0 radical (unpaired) electrons. The average Bonchev–Trinajstić information content (AvgIpc) is 2.28. The maximum atomic E-state index is 11.3. The number of carbonyl (C=O) groups excluding carboxylic acids is 1. The Bertz CT molecular complexity index is 236. The Morgan fingerprint density at radius 1 is 1.77 bits per heavy atom. The molecule has 0 aliphatic carbocycles. The first-order valence-electron chi connectivity index (χ1n) is 4.47. The number of rotatable bonds is 3. The van der Waals surface area contributed by atoms with E-state index in [9.17, 15) is 9.59 Å². The van der Waals surface area contributed by atoms with Crippen LogP contribution in [0.5, 0.6) is 0 Å². The van der Waals surface area contributed by atoms with E-state index in [-0.39, 0.29) is 6.10 Å². The van der Waals surface area contributed by atoms with Gasteiger partial charge in [-0.05, 0) is 13.3 Å². The molecule has 13 heavy (non-hydrogen) atoms. The van der Waals surface area contributed by atoms with Gasteiger partial charge in [0.25, 0.3) is 0 Å². The van der Waals surface area contributed by atoms with E-state index in [0.717, 1.165) is 0 Å². The van der Waals surface area contributed by atoms with Crippen molar-refractivity contribution in [1.82, 2.24) is 0 Å². The Labute approximate surface area is 76.9 Å². The number of hydrogen-bond donors (Lipinski definition) is 1. The van der Waals surface area contributed by atoms with Crippen molar-refractivity contribution in [3.8, 4) is 0 Å². The molecule has 1 aliphatic heterocycles. The summed E-state index contributed by atoms with van der Waals surface area (Å²) in [5.41, 5.74) is -1.27. The van der Waals surface area contributed by atoms with E-state index in [2.05, 4.69) is 0 Å². The minimum absolute atomic E-state index is 0.268. The first kappa shape index (κ1) is 10.0. The molecule has 0 aromatic heterocycles. The molecule has 1 fully saturated rings. The normalized spacial score (nSPS) is 33.1. The second kappa shape index (κ2) is 3.36. The molecular weight excluding hydrogens is 172 g/mol. The zero-order chi connectivity index (χ0) is 10.1. The van der Waals surface area contributed by atoms with Gasteiger partial charge >= 0.3 is 11.9 Å². The van der Waals surface area contributed by atoms with Crippen LogP contribution in [0.25, 0.3) is 0 Å². The second-order valence-electron chi connectivity index (χ2n) is 3.56. The van der Waals surface area contributed by atoms with Crippen LogP contribution in [0.2, 0.25) is 0 Å². The van der Waals surface area contributed by atoms with Crippen molar-refractivity contribution < 1.29 is 19.4 Å². The van der Waals surface area contributed by atoms with E-state index in [1.807, 2.05) is 6.92 Å². The SMILES string of the molecule is CCCC1(C(=O)O)CC(C)OC1=O. The Balaban J connectivity index is 2.90. The topological polar surface area (TPSA) is 63.6 Å². The highest BCUT2D eigenvalue weighted by Crippen LogP contribution is 2.38. The maximum absolute atomic E-state index is 11.3. The minimum atomic E-state index is -1.27. The highest BCUT2D eigenvalue weighted by molar-refractivity contribution is 6.00. The summed E-state index contributed by atoms with van der Waals surface area (Å²) in [6, 6.07) is 0. The zero-order valence-electron chi connectivity index (χ0n) is 7.87. The summed E-state index contributed by atoms with van der Waals surface area (Å²) in [6.45, 7) is 3.58. The summed E-state index contributed by atoms with van der Waals surface area (Å²) in [5.74, 6) is -1.63. The van der Waals surface area contributed by atoms with Crippen molar-refractivity contribution >= 4 is 11.9 Å². The monoisotopic (exact) mass is 186 g/mol. The predicted octanol–water partition coefficient (Wildman–Crippen LogP) is 1.19. The van der Waals surface area contributed by atoms with Crippen LogP contribution in [0.3, 0.4) is 0 Å². The molecule has 0 aromatic rings. The quantitative estimate of drug-likeness (QED) is 0.531. The Morgan fingerprint density at radius 3 is 2.69 bits per heavy atom. The molecule has 0 amide bonds. The van der Waals surface area contributed by atoms with Crippen LogP contribution < -0.4 is 0 Å². The molecule has 1 saturated heterocycles. The van der Waals surface area contributed by atoms with Gasteiger partial charge in [-0.2, -0.15) is 0 Å². The molecule has 4 heteroatoms. The fraction of sp³-hybridized carbons (Fsp3) is 0.778. The minimum Gasteiger partial charge on any atom is -0.480 e. The average molecular weight is 186 g/mol. The molecule has 0 saturated carbocycles. The molecule has 4 nitrogen and oxygen atoms in total. The van der Waals surface area contributed by atoms with Crippen LogP contribution in [-0.4, -0.2) is 23.1 Å². The number of hydrogen-bond acceptors (Lipinski definition) is 3. The van der Waals surface area contributed by atoms with Crippen LogP contribution in [0.15, 0.2) is 0 Å². The molecule has 0 aromatic carbocycles. The van der Waals surface area contributed by atoms with Gasteiger partial charge in [-0.1, -0.05) is 13.3 Å². The van der Waals surface area contributed by atoms with Gasteiger partial charge in [-0.15, -0.1) is 0 Å². The van der Waals surface area contributed by atoms with Gasteiger partial charge in [0.2, 0.25) is 0 Å². The number of carbonyl (C=O) groups is 2. The van der Waals surface area contributed by atoms with E-state index in [1.165, 1.54) is 0 Å². The Hall–Kier alpha value is -1.06. The summed E-state index contributed by atoms with van der Waals surface area (Å²) in [7, 11) is 0. The molecule has 2 unspecified atom stereocenters. The lowest BCUT2D eigenvalue weighted by atomic mass is 9.81. The second-order valence-corrected chi connectivity index (χ2v) is 3.56. The molecular formula is C9H14O4. The van der Waals surface area contributed by atoms with Gasteiger partial charge in [-0.25, -0.2) is 0 Å². The number of aliphatic carboxylic acids is 1. The molecule has 1 N–H and O–H groups in total. The van der Waals surface area contributed by atoms with E-state index in [4.69, 9.17) is 9.84 Å². The van der Waals surface area contributed by atoms with Crippen LogP contribution in [-0.2, 0) is 14.3 Å². The lowest BCUT2D eigenvalue weighted by molar-refractivity contribution is -0.161. The fourth-order valence-corrected chi connectivity index (χ4v) is 1.82. The number of ether oxygens (including phenoxy) is 1. The van der Waals surface area contributed by atoms with Gasteiger partial charge in [-0.3, -0.25) is 9.59 Å². The molecule has 74 valence electrons. The smallest absolute Gasteiger partial charge is 0.323 e. The summed E-state index contributed by atoms with van der Waals surface area (Å²) < 4.78 is 4.87. The van der Waals surface area contributed by atoms with Crippen molar-refractivity contribution in [1.29, 1.82) is 0 Å². The highest BCUT2D eigenvalue weighted by atomic mass is 16.6. The molecule has 1 aliphatic rings. The lowest BCUT2D eigenvalue weighted by Gasteiger charge is -2.17. The molecule has 1 heterocycles. The molecule has 1 rings (SSSR count). The summed E-state index contributed by atoms with van der Waals surface area (Å²) in [6.07, 6.45) is 1.07. The number of carboxylic acids is 1. The van der Waals surface area contributed by atoms with Gasteiger partial charge < -0.3 is 9.84 Å². The summed E-state index contributed by atoms with van der Waals surface area (Å²) >= 11 is 0. The van der Waals surface area contributed by atoms with E-state index in [1.54, 1.807) is 6.92 Å². The van der Waals surface area contributed by atoms with Crippen molar-refractivity contribution in [2.24, 2.45) is 5.41 Å². The standard InChI is InChI=1S/C9H14O4/c1-3-4-9(7(10)11)5-6(2)13-8(9)12/h6H,3-5H2,1-2H3,(H,10,11). The lowest BCUT2D eigenvalue weighted by Crippen LogP contribution is -2.35. The van der Waals surface area contributed by atoms with Crippen LogP contribution in [0, 0.1) is 5.41 Å². The van der Waals surface area contributed by atoms with E-state index in [0.29, 0.717) is 19.3 Å². The number of esters is 1. The van der Waals surface area contributed by atoms with Crippen molar-refractivity contribution in [2.75, 3.05) is 0 Å². The Kier molecular flexibility index (Phi) is 2.59. The molecule has 0 bridgehead atoms. The first-order chi connectivity index (χ1) is 6.03. The van der Waals surface area contributed by atoms with Crippen LogP contribution >= 0.6 is 0 Å². The largest absolute Gasteiger partial charge is 0.480 e. The third-order valence-corrected chi connectivity index (χ3v) is 2.42. The number of carboxylic acid groups (broad SMARTS) is 1. The van der Waals surface area contributed by atoms with Crippen molar-refractivity contribution in [2.45, 2.75) is 39.2 Å². The Morgan fingerprint density at radius 2 is 2.38 bits per heavy atom. The molecule has 0 spiro atoms. The summed E-state index contributed by atoms with van der Waals surface area (Å²) in [5, 5.41) is 8.98. The van der Waals surface area contributed by atoms with Crippen molar-refractivity contribution in [3.05, 3.63) is 0 Å². The highest BCUT2D eigenvalue weighted by Gasteiger charge is 2.53. The zero-order valence-corrected chi connectivity index (χ0v) is 7.87. The van der Waals surface area contributed by atoms with E-state index < -0.39 is 17.4 Å². The van der Waals surface area contributed by atoms with Gasteiger partial charge in [0.15, 0.2) is 5.41 Å². The first-order valence-corrected chi connectivity index (χ1v) is 4.47. The number of cyclic esters (lactones) is 1. The molecule has 2 atom stereocenters. The summed E-state index contributed by atoms with van der Waals surface area (Å²) in [4.78, 5) is 22.3. The van der Waals surface area contributed by atoms with E-state index >= 15 is 0 Å². The van der Waals surface area contributed by atoms with Crippen LogP contribution in [0.1, 0.15) is 33.1 Å². The van der Waals surface area contributed by atoms with Gasteiger partial charge in [0.05, 0.1) is 0 Å². The van der Waals surface area contributed by atoms with Gasteiger partial charge in [0, 0.05) is 6.42 Å².